The van der Waals surface area contributed by atoms with Gasteiger partial charge in [0.25, 0.3) is 0 Å². The fourth-order valence-electron chi connectivity index (χ4n) is 1.43. The van der Waals surface area contributed by atoms with Gasteiger partial charge >= 0.3 is 0 Å². The van der Waals surface area contributed by atoms with Gasteiger partial charge in [0.1, 0.15) is 0 Å². The lowest BCUT2D eigenvalue weighted by Crippen LogP contribution is -2.04. The van der Waals surface area contributed by atoms with Gasteiger partial charge in [0, 0.05) is 6.20 Å². The molecule has 0 saturated carbocycles. The standard InChI is InChI=1S/C11H12N2S/c12-6-5-9-3-1-7-13-11(9)10-4-2-8-14-10/h1-4,7-8H,5-6,12H2. The highest BCUT2D eigenvalue weighted by Gasteiger charge is 2.05. The molecular weight excluding hydrogens is 192 g/mol. The molecule has 0 unspecified atom stereocenters. The molecule has 2 N–H and O–H groups in total. The summed E-state index contributed by atoms with van der Waals surface area (Å²) in [6.07, 6.45) is 2.72. The molecule has 2 aromatic rings. The molecule has 3 heteroatoms. The van der Waals surface area contributed by atoms with E-state index in [0.717, 1.165) is 12.1 Å². The van der Waals surface area contributed by atoms with Gasteiger partial charge in [-0.3, -0.25) is 4.98 Å². The maximum atomic E-state index is 5.56. The third kappa shape index (κ3) is 1.84. The van der Waals surface area contributed by atoms with Crippen LogP contribution in [0.3, 0.4) is 0 Å². The number of thiophene rings is 1. The molecule has 14 heavy (non-hydrogen) atoms. The molecule has 2 aromatic heterocycles. The topological polar surface area (TPSA) is 38.9 Å². The van der Waals surface area contributed by atoms with Crippen molar-refractivity contribution < 1.29 is 0 Å². The number of pyridine rings is 1. The van der Waals surface area contributed by atoms with Crippen molar-refractivity contribution in [1.82, 2.24) is 4.98 Å². The molecule has 0 saturated heterocycles. The van der Waals surface area contributed by atoms with E-state index in [1.165, 1.54) is 10.4 Å². The molecule has 0 atom stereocenters. The molecule has 0 bridgehead atoms. The number of nitrogens with zero attached hydrogens (tertiary/aromatic N) is 1. The molecule has 2 rings (SSSR count). The van der Waals surface area contributed by atoms with E-state index < -0.39 is 0 Å². The summed E-state index contributed by atoms with van der Waals surface area (Å²) in [6, 6.07) is 8.19. The predicted molar refractivity (Wildman–Crippen MR) is 60.3 cm³/mol. The Balaban J connectivity index is 2.42. The van der Waals surface area contributed by atoms with E-state index in [1.807, 2.05) is 18.3 Å². The average Bonchev–Trinajstić information content (AvgIpc) is 2.72. The zero-order valence-electron chi connectivity index (χ0n) is 7.81. The number of hydrogen-bond donors (Lipinski definition) is 1. The third-order valence-corrected chi connectivity index (χ3v) is 2.94. The molecular formula is C11H12N2S. The average molecular weight is 204 g/mol. The molecule has 0 amide bonds. The smallest absolute Gasteiger partial charge is 0.0834 e. The molecule has 0 aliphatic carbocycles. The van der Waals surface area contributed by atoms with Crippen molar-refractivity contribution in [2.24, 2.45) is 5.73 Å². The summed E-state index contributed by atoms with van der Waals surface area (Å²) in [4.78, 5) is 5.61. The molecule has 0 aliphatic rings. The fraction of sp³-hybridized carbons (Fsp3) is 0.182. The number of nitrogens with two attached hydrogens (primary N) is 1. The van der Waals surface area contributed by atoms with Crippen molar-refractivity contribution in [3.63, 3.8) is 0 Å². The first kappa shape index (κ1) is 9.37. The summed E-state index contributed by atoms with van der Waals surface area (Å²) < 4.78 is 0. The highest BCUT2D eigenvalue weighted by atomic mass is 32.1. The summed E-state index contributed by atoms with van der Waals surface area (Å²) in [7, 11) is 0. The minimum atomic E-state index is 0.671. The van der Waals surface area contributed by atoms with E-state index in [0.29, 0.717) is 6.54 Å². The third-order valence-electron chi connectivity index (χ3n) is 2.06. The van der Waals surface area contributed by atoms with E-state index in [1.54, 1.807) is 11.3 Å². The number of hydrogen-bond acceptors (Lipinski definition) is 3. The van der Waals surface area contributed by atoms with Gasteiger partial charge in [-0.05, 0) is 36.0 Å². The lowest BCUT2D eigenvalue weighted by atomic mass is 10.1. The summed E-state index contributed by atoms with van der Waals surface area (Å²) >= 11 is 1.71. The van der Waals surface area contributed by atoms with Crippen LogP contribution in [0.4, 0.5) is 0 Å². The Morgan fingerprint density at radius 3 is 2.93 bits per heavy atom. The first-order valence-corrected chi connectivity index (χ1v) is 5.47. The van der Waals surface area contributed by atoms with Crippen LogP contribution in [0.5, 0.6) is 0 Å². The summed E-state index contributed by atoms with van der Waals surface area (Å²) in [5.74, 6) is 0. The molecule has 0 aromatic carbocycles. The van der Waals surface area contributed by atoms with Gasteiger partial charge < -0.3 is 5.73 Å². The minimum absolute atomic E-state index is 0.671. The largest absolute Gasteiger partial charge is 0.330 e. The Morgan fingerprint density at radius 2 is 2.21 bits per heavy atom. The lowest BCUT2D eigenvalue weighted by Gasteiger charge is -2.04. The highest BCUT2D eigenvalue weighted by Crippen LogP contribution is 2.25. The number of aromatic nitrogens is 1. The van der Waals surface area contributed by atoms with Crippen molar-refractivity contribution in [3.8, 4) is 10.6 Å². The monoisotopic (exact) mass is 204 g/mol. The molecule has 2 heterocycles. The van der Waals surface area contributed by atoms with Crippen LogP contribution >= 0.6 is 11.3 Å². The number of rotatable bonds is 3. The van der Waals surface area contributed by atoms with Crippen LogP contribution in [0.15, 0.2) is 35.8 Å². The zero-order chi connectivity index (χ0) is 9.80. The van der Waals surface area contributed by atoms with Crippen LogP contribution in [0.25, 0.3) is 10.6 Å². The lowest BCUT2D eigenvalue weighted by molar-refractivity contribution is 0.962. The van der Waals surface area contributed by atoms with Crippen LogP contribution in [0.2, 0.25) is 0 Å². The van der Waals surface area contributed by atoms with Gasteiger partial charge in [-0.2, -0.15) is 0 Å². The molecule has 0 aliphatic heterocycles. The SMILES string of the molecule is NCCc1cccnc1-c1cccs1. The summed E-state index contributed by atoms with van der Waals surface area (Å²) in [5.41, 5.74) is 7.87. The van der Waals surface area contributed by atoms with Gasteiger partial charge in [-0.1, -0.05) is 12.1 Å². The first-order valence-electron chi connectivity index (χ1n) is 4.59. The van der Waals surface area contributed by atoms with Crippen molar-refractivity contribution in [1.29, 1.82) is 0 Å². The van der Waals surface area contributed by atoms with E-state index in [4.69, 9.17) is 5.73 Å². The second-order valence-electron chi connectivity index (χ2n) is 3.03. The second-order valence-corrected chi connectivity index (χ2v) is 3.97. The maximum absolute atomic E-state index is 5.56. The van der Waals surface area contributed by atoms with Crippen LogP contribution in [0, 0.1) is 0 Å². The zero-order valence-corrected chi connectivity index (χ0v) is 8.63. The molecule has 2 nitrogen and oxygen atoms in total. The van der Waals surface area contributed by atoms with Crippen molar-refractivity contribution in [2.45, 2.75) is 6.42 Å². The summed E-state index contributed by atoms with van der Waals surface area (Å²) in [5, 5.41) is 2.07. The molecule has 0 fully saturated rings. The van der Waals surface area contributed by atoms with E-state index >= 15 is 0 Å². The van der Waals surface area contributed by atoms with Crippen LogP contribution in [-0.2, 0) is 6.42 Å². The van der Waals surface area contributed by atoms with Gasteiger partial charge in [0.2, 0.25) is 0 Å². The Morgan fingerprint density at radius 1 is 1.29 bits per heavy atom. The van der Waals surface area contributed by atoms with Crippen LogP contribution in [0.1, 0.15) is 5.56 Å². The van der Waals surface area contributed by atoms with Gasteiger partial charge in [0.05, 0.1) is 10.6 Å². The van der Waals surface area contributed by atoms with Crippen LogP contribution in [-0.4, -0.2) is 11.5 Å². The Kier molecular flexibility index (Phi) is 2.91. The molecule has 0 radical (unpaired) electrons. The molecule has 0 spiro atoms. The highest BCUT2D eigenvalue weighted by molar-refractivity contribution is 7.13. The Labute approximate surface area is 87.4 Å². The first-order chi connectivity index (χ1) is 6.92. The predicted octanol–water partition coefficient (Wildman–Crippen LogP) is 2.31. The van der Waals surface area contributed by atoms with Crippen molar-refractivity contribution in [2.75, 3.05) is 6.54 Å². The van der Waals surface area contributed by atoms with E-state index in [2.05, 4.69) is 22.5 Å². The maximum Gasteiger partial charge on any atom is 0.0834 e. The fourth-order valence-corrected chi connectivity index (χ4v) is 2.19. The van der Waals surface area contributed by atoms with E-state index in [9.17, 15) is 0 Å². The van der Waals surface area contributed by atoms with Crippen LogP contribution < -0.4 is 5.73 Å². The van der Waals surface area contributed by atoms with Gasteiger partial charge in [-0.15, -0.1) is 11.3 Å². The van der Waals surface area contributed by atoms with Crippen molar-refractivity contribution >= 4 is 11.3 Å². The van der Waals surface area contributed by atoms with E-state index in [-0.39, 0.29) is 0 Å². The molecule has 72 valence electrons. The van der Waals surface area contributed by atoms with Crippen molar-refractivity contribution in [3.05, 3.63) is 41.4 Å². The second kappa shape index (κ2) is 4.35. The normalized spacial score (nSPS) is 10.4. The van der Waals surface area contributed by atoms with Gasteiger partial charge in [0.15, 0.2) is 0 Å². The van der Waals surface area contributed by atoms with Gasteiger partial charge in [-0.25, -0.2) is 0 Å². The quantitative estimate of drug-likeness (QED) is 0.833. The minimum Gasteiger partial charge on any atom is -0.330 e. The Bertz CT molecular complexity index is 395. The summed E-state index contributed by atoms with van der Waals surface area (Å²) in [6.45, 7) is 0.671. The Hall–Kier alpha value is -1.19.